The summed E-state index contributed by atoms with van der Waals surface area (Å²) in [5.41, 5.74) is 0.811. The minimum Gasteiger partial charge on any atom is -0.468 e. The molecular formula is C14H14Cl3NO2. The van der Waals surface area contributed by atoms with Crippen LogP contribution in [0.3, 0.4) is 0 Å². The number of hydrogen-bond donors (Lipinski definition) is 2. The lowest BCUT2D eigenvalue weighted by Gasteiger charge is -2.22. The van der Waals surface area contributed by atoms with Crippen molar-refractivity contribution in [1.82, 2.24) is 5.32 Å². The van der Waals surface area contributed by atoms with Gasteiger partial charge in [-0.25, -0.2) is 0 Å². The van der Waals surface area contributed by atoms with Gasteiger partial charge in [0.15, 0.2) is 0 Å². The SMILES string of the molecule is CC(NC(CO)c1ccco1)c1ccc(Cl)c(Cl)c1Cl. The van der Waals surface area contributed by atoms with Crippen molar-refractivity contribution in [2.75, 3.05) is 6.61 Å². The van der Waals surface area contributed by atoms with Crippen molar-refractivity contribution >= 4 is 34.8 Å². The third-order valence-corrected chi connectivity index (χ3v) is 4.36. The van der Waals surface area contributed by atoms with Crippen LogP contribution in [0.15, 0.2) is 34.9 Å². The van der Waals surface area contributed by atoms with E-state index in [-0.39, 0.29) is 18.7 Å². The standard InChI is InChI=1S/C14H14Cl3NO2/c1-8(9-4-5-10(15)14(17)13(9)16)18-11(7-19)12-3-2-6-20-12/h2-6,8,11,18-19H,7H2,1H3. The maximum absolute atomic E-state index is 9.46. The molecule has 1 aromatic heterocycles. The maximum atomic E-state index is 9.46. The van der Waals surface area contributed by atoms with Gasteiger partial charge in [0.1, 0.15) is 5.76 Å². The van der Waals surface area contributed by atoms with Crippen LogP contribution in [0.2, 0.25) is 15.1 Å². The van der Waals surface area contributed by atoms with E-state index >= 15 is 0 Å². The molecule has 0 saturated carbocycles. The lowest BCUT2D eigenvalue weighted by atomic mass is 10.1. The molecule has 20 heavy (non-hydrogen) atoms. The Morgan fingerprint density at radius 1 is 1.20 bits per heavy atom. The molecule has 0 saturated heterocycles. The molecule has 2 atom stereocenters. The van der Waals surface area contributed by atoms with Crippen LogP contribution in [0.1, 0.15) is 30.3 Å². The fraction of sp³-hybridized carbons (Fsp3) is 0.286. The molecule has 0 aliphatic heterocycles. The molecule has 108 valence electrons. The first kappa shape index (κ1) is 15.7. The van der Waals surface area contributed by atoms with Gasteiger partial charge >= 0.3 is 0 Å². The molecule has 0 fully saturated rings. The van der Waals surface area contributed by atoms with Crippen molar-refractivity contribution < 1.29 is 9.52 Å². The van der Waals surface area contributed by atoms with Crippen LogP contribution in [0.5, 0.6) is 0 Å². The van der Waals surface area contributed by atoms with Gasteiger partial charge in [-0.1, -0.05) is 40.9 Å². The molecular weight excluding hydrogens is 321 g/mol. The van der Waals surface area contributed by atoms with Gasteiger partial charge in [0.25, 0.3) is 0 Å². The molecule has 0 bridgehead atoms. The summed E-state index contributed by atoms with van der Waals surface area (Å²) in [4.78, 5) is 0. The minimum atomic E-state index is -0.314. The van der Waals surface area contributed by atoms with Crippen molar-refractivity contribution in [2.45, 2.75) is 19.0 Å². The Morgan fingerprint density at radius 2 is 1.95 bits per heavy atom. The van der Waals surface area contributed by atoms with Crippen molar-refractivity contribution in [3.8, 4) is 0 Å². The second-order valence-electron chi connectivity index (χ2n) is 4.40. The number of aliphatic hydroxyl groups is 1. The molecule has 2 unspecified atom stereocenters. The number of hydrogen-bond acceptors (Lipinski definition) is 3. The van der Waals surface area contributed by atoms with Gasteiger partial charge in [-0.05, 0) is 30.7 Å². The van der Waals surface area contributed by atoms with E-state index in [1.165, 1.54) is 0 Å². The molecule has 1 heterocycles. The van der Waals surface area contributed by atoms with Gasteiger partial charge in [0.2, 0.25) is 0 Å². The number of benzene rings is 1. The van der Waals surface area contributed by atoms with E-state index in [1.54, 1.807) is 24.5 Å². The Balaban J connectivity index is 2.19. The third kappa shape index (κ3) is 3.30. The zero-order valence-corrected chi connectivity index (χ0v) is 13.0. The topological polar surface area (TPSA) is 45.4 Å². The van der Waals surface area contributed by atoms with Crippen LogP contribution >= 0.6 is 34.8 Å². The normalized spacial score (nSPS) is 14.2. The second-order valence-corrected chi connectivity index (χ2v) is 5.57. The highest BCUT2D eigenvalue weighted by atomic mass is 35.5. The van der Waals surface area contributed by atoms with Crippen LogP contribution < -0.4 is 5.32 Å². The molecule has 0 aliphatic rings. The molecule has 2 aromatic rings. The second kappa shape index (κ2) is 6.83. The molecule has 0 amide bonds. The summed E-state index contributed by atoms with van der Waals surface area (Å²) in [6, 6.07) is 6.65. The van der Waals surface area contributed by atoms with Crippen LogP contribution in [0, 0.1) is 0 Å². The molecule has 0 radical (unpaired) electrons. The number of rotatable bonds is 5. The molecule has 2 rings (SSSR count). The average molecular weight is 335 g/mol. The summed E-state index contributed by atoms with van der Waals surface area (Å²) in [5, 5.41) is 13.9. The molecule has 1 aromatic carbocycles. The average Bonchev–Trinajstić information content (AvgIpc) is 2.96. The predicted molar refractivity (Wildman–Crippen MR) is 81.6 cm³/mol. The van der Waals surface area contributed by atoms with E-state index in [1.807, 2.05) is 13.0 Å². The maximum Gasteiger partial charge on any atom is 0.123 e. The van der Waals surface area contributed by atoms with Gasteiger partial charge in [-0.3, -0.25) is 5.32 Å². The molecule has 3 nitrogen and oxygen atoms in total. The molecule has 0 spiro atoms. The lowest BCUT2D eigenvalue weighted by molar-refractivity contribution is 0.217. The van der Waals surface area contributed by atoms with E-state index in [9.17, 15) is 5.11 Å². The summed E-state index contributed by atoms with van der Waals surface area (Å²) in [7, 11) is 0. The summed E-state index contributed by atoms with van der Waals surface area (Å²) in [6.07, 6.45) is 1.57. The van der Waals surface area contributed by atoms with Crippen LogP contribution in [-0.2, 0) is 0 Å². The van der Waals surface area contributed by atoms with Crippen LogP contribution in [0.25, 0.3) is 0 Å². The van der Waals surface area contributed by atoms with Crippen molar-refractivity contribution in [3.63, 3.8) is 0 Å². The van der Waals surface area contributed by atoms with E-state index < -0.39 is 0 Å². The highest BCUT2D eigenvalue weighted by molar-refractivity contribution is 6.48. The van der Waals surface area contributed by atoms with E-state index in [2.05, 4.69) is 5.32 Å². The summed E-state index contributed by atoms with van der Waals surface area (Å²) < 4.78 is 5.29. The first-order valence-electron chi connectivity index (χ1n) is 6.08. The van der Waals surface area contributed by atoms with Gasteiger partial charge in [0, 0.05) is 6.04 Å². The van der Waals surface area contributed by atoms with Crippen molar-refractivity contribution in [1.29, 1.82) is 0 Å². The molecule has 2 N–H and O–H groups in total. The largest absolute Gasteiger partial charge is 0.468 e. The van der Waals surface area contributed by atoms with Crippen LogP contribution in [-0.4, -0.2) is 11.7 Å². The van der Waals surface area contributed by atoms with Gasteiger partial charge in [0.05, 0.1) is 34.0 Å². The van der Waals surface area contributed by atoms with Gasteiger partial charge < -0.3 is 9.52 Å². The minimum absolute atomic E-state index is 0.0865. The quantitative estimate of drug-likeness (QED) is 0.784. The number of nitrogens with one attached hydrogen (secondary N) is 1. The molecule has 6 heteroatoms. The Morgan fingerprint density at radius 3 is 2.55 bits per heavy atom. The highest BCUT2D eigenvalue weighted by Gasteiger charge is 2.20. The summed E-state index contributed by atoms with van der Waals surface area (Å²) in [5.74, 6) is 0.663. The van der Waals surface area contributed by atoms with Gasteiger partial charge in [-0.15, -0.1) is 0 Å². The van der Waals surface area contributed by atoms with Gasteiger partial charge in [-0.2, -0.15) is 0 Å². The monoisotopic (exact) mass is 333 g/mol. The number of halogens is 3. The summed E-state index contributed by atoms with van der Waals surface area (Å²) >= 11 is 18.2. The van der Waals surface area contributed by atoms with E-state index in [0.717, 1.165) is 5.56 Å². The Hall–Kier alpha value is -0.710. The first-order chi connectivity index (χ1) is 9.54. The predicted octanol–water partition coefficient (Wildman–Crippen LogP) is 4.62. The Kier molecular flexibility index (Phi) is 5.35. The van der Waals surface area contributed by atoms with Crippen molar-refractivity contribution in [2.24, 2.45) is 0 Å². The van der Waals surface area contributed by atoms with Crippen LogP contribution in [0.4, 0.5) is 0 Å². The zero-order valence-electron chi connectivity index (χ0n) is 10.7. The smallest absolute Gasteiger partial charge is 0.123 e. The Bertz CT molecular complexity index is 572. The fourth-order valence-electron chi connectivity index (χ4n) is 1.98. The third-order valence-electron chi connectivity index (χ3n) is 3.05. The zero-order chi connectivity index (χ0) is 14.7. The summed E-state index contributed by atoms with van der Waals surface area (Å²) in [6.45, 7) is 1.84. The van der Waals surface area contributed by atoms with E-state index in [0.29, 0.717) is 20.8 Å². The fourth-order valence-corrected chi connectivity index (χ4v) is 2.69. The molecule has 0 aliphatic carbocycles. The number of aliphatic hydroxyl groups excluding tert-OH is 1. The van der Waals surface area contributed by atoms with E-state index in [4.69, 9.17) is 39.2 Å². The number of furan rings is 1. The highest BCUT2D eigenvalue weighted by Crippen LogP contribution is 2.36. The Labute approximate surface area is 132 Å². The van der Waals surface area contributed by atoms with Crippen molar-refractivity contribution in [3.05, 3.63) is 56.9 Å². The lowest BCUT2D eigenvalue weighted by Crippen LogP contribution is -2.27. The first-order valence-corrected chi connectivity index (χ1v) is 7.21.